The smallest absolute Gasteiger partial charge is 0.251 e. The summed E-state index contributed by atoms with van der Waals surface area (Å²) in [6.07, 6.45) is 0.358. The van der Waals surface area contributed by atoms with Gasteiger partial charge in [0.2, 0.25) is 21.8 Å². The predicted octanol–water partition coefficient (Wildman–Crippen LogP) is 2.34. The Morgan fingerprint density at radius 2 is 1.41 bits per heavy atom. The summed E-state index contributed by atoms with van der Waals surface area (Å²) in [7, 11) is -3.76. The van der Waals surface area contributed by atoms with Crippen molar-refractivity contribution in [3.8, 4) is 0 Å². The highest BCUT2D eigenvalue weighted by atomic mass is 32.2. The largest absolute Gasteiger partial charge is 0.351 e. The number of nitrogens with one attached hydrogen (secondary N) is 4. The summed E-state index contributed by atoms with van der Waals surface area (Å²) in [4.78, 5) is 35.3. The molecule has 4 N–H and O–H groups in total. The average Bonchev–Trinajstić information content (AvgIpc) is 2.77. The molecular formula is C22H28N4O5S. The zero-order valence-corrected chi connectivity index (χ0v) is 19.1. The lowest BCUT2D eigenvalue weighted by atomic mass is 10.2. The molecule has 0 aliphatic heterocycles. The summed E-state index contributed by atoms with van der Waals surface area (Å²) in [5, 5.41) is 8.02. The fourth-order valence-electron chi connectivity index (χ4n) is 2.51. The van der Waals surface area contributed by atoms with Gasteiger partial charge in [0, 0.05) is 42.4 Å². The minimum absolute atomic E-state index is 0.00451. The zero-order valence-electron chi connectivity index (χ0n) is 18.3. The van der Waals surface area contributed by atoms with E-state index in [2.05, 4.69) is 20.7 Å². The molecule has 2 aromatic carbocycles. The van der Waals surface area contributed by atoms with Crippen LogP contribution in [0.25, 0.3) is 0 Å². The van der Waals surface area contributed by atoms with Crippen molar-refractivity contribution in [3.63, 3.8) is 0 Å². The van der Waals surface area contributed by atoms with Crippen LogP contribution in [0.4, 0.5) is 11.4 Å². The van der Waals surface area contributed by atoms with Crippen molar-refractivity contribution in [2.24, 2.45) is 5.92 Å². The minimum atomic E-state index is -3.76. The van der Waals surface area contributed by atoms with E-state index >= 15 is 0 Å². The van der Waals surface area contributed by atoms with Crippen LogP contribution in [-0.2, 0) is 19.6 Å². The Bertz CT molecular complexity index is 1050. The molecule has 0 spiro atoms. The van der Waals surface area contributed by atoms with Gasteiger partial charge in [-0.15, -0.1) is 0 Å². The van der Waals surface area contributed by atoms with E-state index in [1.54, 1.807) is 45.0 Å². The van der Waals surface area contributed by atoms with E-state index in [1.165, 1.54) is 24.3 Å². The summed E-state index contributed by atoms with van der Waals surface area (Å²) in [5.41, 5.74) is 1.49. The Kier molecular flexibility index (Phi) is 8.91. The first-order valence-electron chi connectivity index (χ1n) is 10.2. The van der Waals surface area contributed by atoms with Gasteiger partial charge in [-0.3, -0.25) is 14.4 Å². The van der Waals surface area contributed by atoms with Gasteiger partial charge in [-0.25, -0.2) is 13.1 Å². The maximum absolute atomic E-state index is 12.4. The lowest BCUT2D eigenvalue weighted by Crippen LogP contribution is -2.34. The van der Waals surface area contributed by atoms with Gasteiger partial charge in [-0.2, -0.15) is 0 Å². The Morgan fingerprint density at radius 3 is 1.97 bits per heavy atom. The lowest BCUT2D eigenvalue weighted by molar-refractivity contribution is -0.119. The first kappa shape index (κ1) is 25.0. The number of rotatable bonds is 10. The van der Waals surface area contributed by atoms with E-state index in [4.69, 9.17) is 0 Å². The maximum Gasteiger partial charge on any atom is 0.251 e. The molecule has 3 amide bonds. The second kappa shape index (κ2) is 11.4. The van der Waals surface area contributed by atoms with Gasteiger partial charge in [-0.1, -0.05) is 20.8 Å². The molecule has 0 aromatic heterocycles. The number of carbonyl (C=O) groups is 3. The summed E-state index contributed by atoms with van der Waals surface area (Å²) in [6, 6.07) is 12.2. The summed E-state index contributed by atoms with van der Waals surface area (Å²) < 4.78 is 27.2. The van der Waals surface area contributed by atoms with Crippen LogP contribution in [0.5, 0.6) is 0 Å². The lowest BCUT2D eigenvalue weighted by Gasteiger charge is -2.10. The third-order valence-corrected chi connectivity index (χ3v) is 5.89. The molecular weight excluding hydrogens is 432 g/mol. The Hall–Kier alpha value is -3.24. The summed E-state index contributed by atoms with van der Waals surface area (Å²) in [6.45, 7) is 5.37. The van der Waals surface area contributed by atoms with Crippen molar-refractivity contribution in [1.29, 1.82) is 0 Å². The van der Waals surface area contributed by atoms with Crippen molar-refractivity contribution in [1.82, 2.24) is 10.0 Å². The molecule has 0 heterocycles. The van der Waals surface area contributed by atoms with E-state index < -0.39 is 10.0 Å². The maximum atomic E-state index is 12.4. The van der Waals surface area contributed by atoms with Crippen LogP contribution in [0.1, 0.15) is 37.6 Å². The number of sulfonamides is 1. The number of carbonyl (C=O) groups excluding carboxylic acids is 3. The highest BCUT2D eigenvalue weighted by Crippen LogP contribution is 2.15. The molecule has 0 fully saturated rings. The van der Waals surface area contributed by atoms with E-state index in [9.17, 15) is 22.8 Å². The van der Waals surface area contributed by atoms with Gasteiger partial charge in [0.15, 0.2) is 0 Å². The molecule has 0 bridgehead atoms. The number of amides is 3. The van der Waals surface area contributed by atoms with Crippen LogP contribution in [0.15, 0.2) is 53.4 Å². The molecule has 2 aromatic rings. The first-order chi connectivity index (χ1) is 15.1. The highest BCUT2D eigenvalue weighted by molar-refractivity contribution is 7.89. The van der Waals surface area contributed by atoms with Crippen LogP contribution in [-0.4, -0.2) is 39.2 Å². The molecule has 32 heavy (non-hydrogen) atoms. The van der Waals surface area contributed by atoms with Crippen molar-refractivity contribution >= 4 is 39.1 Å². The van der Waals surface area contributed by atoms with Crippen molar-refractivity contribution in [2.75, 3.05) is 23.7 Å². The second-order valence-electron chi connectivity index (χ2n) is 7.30. The SMILES string of the molecule is CCC(=O)Nc1ccc(C(=O)NCCNS(=O)(=O)c2ccc(NC(=O)C(C)C)cc2)cc1. The molecule has 2 rings (SSSR count). The van der Waals surface area contributed by atoms with E-state index in [-0.39, 0.29) is 41.6 Å². The summed E-state index contributed by atoms with van der Waals surface area (Å²) in [5.74, 6) is -0.822. The standard InChI is InChI=1S/C22H28N4O5S/c1-4-20(27)25-17-7-5-16(6-8-17)22(29)23-13-14-24-32(30,31)19-11-9-18(10-12-19)26-21(28)15(2)3/h5-12,15,24H,4,13-14H2,1-3H3,(H,23,29)(H,25,27)(H,26,28). The second-order valence-corrected chi connectivity index (χ2v) is 9.07. The predicted molar refractivity (Wildman–Crippen MR) is 123 cm³/mol. The monoisotopic (exact) mass is 460 g/mol. The van der Waals surface area contributed by atoms with Gasteiger partial charge in [0.25, 0.3) is 5.91 Å². The van der Waals surface area contributed by atoms with Gasteiger partial charge in [-0.05, 0) is 48.5 Å². The summed E-state index contributed by atoms with van der Waals surface area (Å²) >= 11 is 0. The van der Waals surface area contributed by atoms with Gasteiger partial charge >= 0.3 is 0 Å². The molecule has 10 heteroatoms. The third-order valence-electron chi connectivity index (χ3n) is 4.41. The van der Waals surface area contributed by atoms with Crippen LogP contribution < -0.4 is 20.7 Å². The number of benzene rings is 2. The topological polar surface area (TPSA) is 133 Å². The van der Waals surface area contributed by atoms with Crippen LogP contribution in [0, 0.1) is 5.92 Å². The van der Waals surface area contributed by atoms with Crippen molar-refractivity contribution in [2.45, 2.75) is 32.1 Å². The van der Waals surface area contributed by atoms with Crippen molar-refractivity contribution < 1.29 is 22.8 Å². The highest BCUT2D eigenvalue weighted by Gasteiger charge is 2.14. The van der Waals surface area contributed by atoms with Gasteiger partial charge in [0.1, 0.15) is 0 Å². The quantitative estimate of drug-likeness (QED) is 0.404. The van der Waals surface area contributed by atoms with Crippen LogP contribution >= 0.6 is 0 Å². The number of hydrogen-bond donors (Lipinski definition) is 4. The molecule has 172 valence electrons. The minimum Gasteiger partial charge on any atom is -0.351 e. The fourth-order valence-corrected chi connectivity index (χ4v) is 3.54. The van der Waals surface area contributed by atoms with Gasteiger partial charge in [0.05, 0.1) is 4.90 Å². The Labute approximate surface area is 188 Å². The normalized spacial score (nSPS) is 11.1. The molecule has 0 unspecified atom stereocenters. The number of hydrogen-bond acceptors (Lipinski definition) is 5. The fraction of sp³-hybridized carbons (Fsp3) is 0.318. The molecule has 0 radical (unpaired) electrons. The van der Waals surface area contributed by atoms with Crippen LogP contribution in [0.2, 0.25) is 0 Å². The first-order valence-corrected chi connectivity index (χ1v) is 11.7. The zero-order chi connectivity index (χ0) is 23.7. The average molecular weight is 461 g/mol. The number of anilines is 2. The molecule has 0 saturated heterocycles. The van der Waals surface area contributed by atoms with Crippen molar-refractivity contribution in [3.05, 3.63) is 54.1 Å². The Morgan fingerprint density at radius 1 is 0.844 bits per heavy atom. The van der Waals surface area contributed by atoms with E-state index in [0.29, 0.717) is 23.4 Å². The third kappa shape index (κ3) is 7.47. The molecule has 0 saturated carbocycles. The molecule has 0 atom stereocenters. The molecule has 0 aliphatic rings. The van der Waals surface area contributed by atoms with E-state index in [1.807, 2.05) is 0 Å². The Balaban J connectivity index is 1.82. The molecule has 9 nitrogen and oxygen atoms in total. The molecule has 0 aliphatic carbocycles. The van der Waals surface area contributed by atoms with Crippen LogP contribution in [0.3, 0.4) is 0 Å². The van der Waals surface area contributed by atoms with E-state index in [0.717, 1.165) is 0 Å². The van der Waals surface area contributed by atoms with Gasteiger partial charge < -0.3 is 16.0 Å².